The highest BCUT2D eigenvalue weighted by Gasteiger charge is 2.36. The van der Waals surface area contributed by atoms with Crippen molar-refractivity contribution in [1.82, 2.24) is 10.9 Å². The Morgan fingerprint density at radius 2 is 1.79 bits per heavy atom. The molecular formula is C20H28N2O7. The zero-order chi connectivity index (χ0) is 22.2. The first-order chi connectivity index (χ1) is 13.5. The third kappa shape index (κ3) is 6.79. The topological polar surface area (TPSA) is 156 Å². The van der Waals surface area contributed by atoms with Crippen molar-refractivity contribution >= 4 is 17.8 Å². The van der Waals surface area contributed by atoms with Crippen molar-refractivity contribution in [3.63, 3.8) is 0 Å². The van der Waals surface area contributed by atoms with Crippen LogP contribution < -0.4 is 10.9 Å². The molecule has 0 fully saturated rings. The van der Waals surface area contributed by atoms with Gasteiger partial charge in [0.2, 0.25) is 5.91 Å². The molecule has 1 rings (SSSR count). The molecule has 3 atom stereocenters. The van der Waals surface area contributed by atoms with E-state index in [9.17, 15) is 34.8 Å². The third-order valence-electron chi connectivity index (χ3n) is 4.65. The summed E-state index contributed by atoms with van der Waals surface area (Å²) >= 11 is 0. The van der Waals surface area contributed by atoms with E-state index < -0.39 is 41.0 Å². The molecule has 0 bridgehead atoms. The molecule has 0 radical (unpaired) electrons. The Morgan fingerprint density at radius 1 is 1.14 bits per heavy atom. The van der Waals surface area contributed by atoms with Crippen LogP contribution in [0, 0.1) is 11.8 Å². The van der Waals surface area contributed by atoms with Crippen molar-refractivity contribution in [3.8, 4) is 11.5 Å². The lowest BCUT2D eigenvalue weighted by Crippen LogP contribution is -2.59. The van der Waals surface area contributed by atoms with Gasteiger partial charge in [0.25, 0.3) is 0 Å². The molecule has 29 heavy (non-hydrogen) atoms. The number of aliphatic carboxylic acids is 2. The molecule has 0 aromatic heterocycles. The summed E-state index contributed by atoms with van der Waals surface area (Å²) < 4.78 is 0. The van der Waals surface area contributed by atoms with Crippen LogP contribution in [-0.2, 0) is 20.8 Å². The number of allylic oxidation sites excluding steroid dienone is 2. The summed E-state index contributed by atoms with van der Waals surface area (Å²) in [6.07, 6.45) is 4.36. The van der Waals surface area contributed by atoms with E-state index in [1.165, 1.54) is 32.0 Å². The van der Waals surface area contributed by atoms with E-state index in [4.69, 9.17) is 0 Å². The van der Waals surface area contributed by atoms with Crippen LogP contribution in [0.5, 0.6) is 11.5 Å². The van der Waals surface area contributed by atoms with E-state index in [0.717, 1.165) is 6.42 Å². The lowest BCUT2D eigenvalue weighted by Gasteiger charge is -2.28. The van der Waals surface area contributed by atoms with Crippen molar-refractivity contribution < 1.29 is 34.8 Å². The molecule has 0 heterocycles. The first-order valence-corrected chi connectivity index (χ1v) is 9.21. The smallest absolute Gasteiger partial charge is 0.325 e. The molecule has 0 aliphatic heterocycles. The highest BCUT2D eigenvalue weighted by atomic mass is 16.4. The molecule has 3 unspecified atom stereocenters. The first-order valence-electron chi connectivity index (χ1n) is 9.21. The number of amides is 1. The van der Waals surface area contributed by atoms with Gasteiger partial charge in [0.15, 0.2) is 11.5 Å². The van der Waals surface area contributed by atoms with Crippen LogP contribution in [0.4, 0.5) is 0 Å². The number of carboxylic acids is 2. The van der Waals surface area contributed by atoms with Gasteiger partial charge in [0, 0.05) is 6.42 Å². The summed E-state index contributed by atoms with van der Waals surface area (Å²) in [5.41, 5.74) is 3.58. The predicted octanol–water partition coefficient (Wildman–Crippen LogP) is 1.80. The lowest BCUT2D eigenvalue weighted by molar-refractivity contribution is -0.148. The minimum atomic E-state index is -1.64. The van der Waals surface area contributed by atoms with Crippen LogP contribution >= 0.6 is 0 Å². The van der Waals surface area contributed by atoms with Crippen molar-refractivity contribution in [1.29, 1.82) is 0 Å². The number of phenolic OH excluding ortho intramolecular Hbond substituents is 2. The average molecular weight is 408 g/mol. The first kappa shape index (κ1) is 24.0. The van der Waals surface area contributed by atoms with E-state index >= 15 is 0 Å². The van der Waals surface area contributed by atoms with E-state index in [2.05, 4.69) is 10.9 Å². The number of hydrogen-bond donors (Lipinski definition) is 6. The number of hydrogen-bond acceptors (Lipinski definition) is 6. The highest BCUT2D eigenvalue weighted by Crippen LogP contribution is 2.27. The van der Waals surface area contributed by atoms with E-state index in [1.54, 1.807) is 6.08 Å². The fourth-order valence-electron chi connectivity index (χ4n) is 2.67. The van der Waals surface area contributed by atoms with Gasteiger partial charge >= 0.3 is 11.9 Å². The van der Waals surface area contributed by atoms with Gasteiger partial charge in [-0.2, -0.15) is 0 Å². The second-order valence-corrected chi connectivity index (χ2v) is 7.10. The Bertz CT molecular complexity index is 778. The molecule has 1 aromatic carbocycles. The summed E-state index contributed by atoms with van der Waals surface area (Å²) in [4.78, 5) is 35.7. The molecule has 6 N–H and O–H groups in total. The SMILES string of the molecule is CC/C=C/CC(C(=O)NNC(C)(Cc1ccc(O)c(O)c1)C(=O)O)C(C)C(=O)O. The molecular weight excluding hydrogens is 380 g/mol. The normalized spacial score (nSPS) is 15.4. The standard InChI is InChI=1S/C20H28N2O7/c1-4-5-6-7-14(12(2)18(26)27)17(25)21-22-20(3,19(28)29)11-13-8-9-15(23)16(24)10-13/h5-6,8-10,12,14,22-24H,4,7,11H2,1-3H3,(H,21,25)(H,26,27)(H,28,29)/b6-5+. The van der Waals surface area contributed by atoms with Crippen LogP contribution in [0.25, 0.3) is 0 Å². The fourth-order valence-corrected chi connectivity index (χ4v) is 2.67. The largest absolute Gasteiger partial charge is 0.504 e. The Balaban J connectivity index is 2.94. The minimum Gasteiger partial charge on any atom is -0.504 e. The third-order valence-corrected chi connectivity index (χ3v) is 4.65. The van der Waals surface area contributed by atoms with Crippen LogP contribution in [0.2, 0.25) is 0 Å². The van der Waals surface area contributed by atoms with Gasteiger partial charge in [-0.1, -0.05) is 32.1 Å². The van der Waals surface area contributed by atoms with Crippen LogP contribution in [0.3, 0.4) is 0 Å². The number of carbonyl (C=O) groups excluding carboxylic acids is 1. The van der Waals surface area contributed by atoms with Crippen molar-refractivity contribution in [2.45, 2.75) is 45.6 Å². The highest BCUT2D eigenvalue weighted by molar-refractivity contribution is 5.85. The summed E-state index contributed by atoms with van der Waals surface area (Å²) in [7, 11) is 0. The number of nitrogens with one attached hydrogen (secondary N) is 2. The minimum absolute atomic E-state index is 0.120. The van der Waals surface area contributed by atoms with Crippen molar-refractivity contribution in [2.75, 3.05) is 0 Å². The number of aromatic hydroxyl groups is 2. The van der Waals surface area contributed by atoms with E-state index in [1.807, 2.05) is 13.0 Å². The van der Waals surface area contributed by atoms with E-state index in [0.29, 0.717) is 5.56 Å². The average Bonchev–Trinajstić information content (AvgIpc) is 2.65. The maximum atomic E-state index is 12.6. The Labute approximate surface area is 169 Å². The predicted molar refractivity (Wildman–Crippen MR) is 105 cm³/mol. The van der Waals surface area contributed by atoms with Crippen molar-refractivity contribution in [2.24, 2.45) is 11.8 Å². The molecule has 0 spiro atoms. The van der Waals surface area contributed by atoms with Crippen molar-refractivity contribution in [3.05, 3.63) is 35.9 Å². The molecule has 0 aliphatic carbocycles. The van der Waals surface area contributed by atoms with Crippen LogP contribution in [0.15, 0.2) is 30.4 Å². The van der Waals surface area contributed by atoms with Crippen LogP contribution in [0.1, 0.15) is 39.2 Å². The number of carbonyl (C=O) groups is 3. The summed E-state index contributed by atoms with van der Waals surface area (Å²) in [6.45, 7) is 4.67. The monoisotopic (exact) mass is 408 g/mol. The van der Waals surface area contributed by atoms with Gasteiger partial charge in [-0.25, -0.2) is 5.43 Å². The molecule has 160 valence electrons. The van der Waals surface area contributed by atoms with Gasteiger partial charge in [-0.05, 0) is 37.5 Å². The molecule has 0 aliphatic rings. The van der Waals surface area contributed by atoms with Crippen LogP contribution in [-0.4, -0.2) is 43.8 Å². The summed E-state index contributed by atoms with van der Waals surface area (Å²) in [6, 6.07) is 3.91. The summed E-state index contributed by atoms with van der Waals surface area (Å²) in [5.74, 6) is -5.62. The Kier molecular flexibility index (Phi) is 8.65. The molecule has 0 saturated carbocycles. The Morgan fingerprint density at radius 3 is 2.31 bits per heavy atom. The molecule has 0 saturated heterocycles. The number of hydrazine groups is 1. The fraction of sp³-hybridized carbons (Fsp3) is 0.450. The molecule has 9 heteroatoms. The maximum absolute atomic E-state index is 12.6. The maximum Gasteiger partial charge on any atom is 0.325 e. The number of rotatable bonds is 11. The zero-order valence-electron chi connectivity index (χ0n) is 16.7. The zero-order valence-corrected chi connectivity index (χ0v) is 16.7. The van der Waals surface area contributed by atoms with E-state index in [-0.39, 0.29) is 18.6 Å². The van der Waals surface area contributed by atoms with Gasteiger partial charge in [0.1, 0.15) is 5.54 Å². The molecule has 1 amide bonds. The molecule has 9 nitrogen and oxygen atoms in total. The lowest BCUT2D eigenvalue weighted by atomic mass is 9.90. The number of carboxylic acid groups (broad SMARTS) is 2. The van der Waals surface area contributed by atoms with Gasteiger partial charge in [-0.3, -0.25) is 19.8 Å². The second kappa shape index (κ2) is 10.5. The summed E-state index contributed by atoms with van der Waals surface area (Å²) in [5, 5.41) is 37.8. The quantitative estimate of drug-likeness (QED) is 0.184. The number of benzene rings is 1. The molecule has 1 aromatic rings. The number of phenols is 2. The Hall–Kier alpha value is -3.07. The van der Waals surface area contributed by atoms with Gasteiger partial charge < -0.3 is 20.4 Å². The van der Waals surface area contributed by atoms with Gasteiger partial charge in [0.05, 0.1) is 11.8 Å². The van der Waals surface area contributed by atoms with Gasteiger partial charge in [-0.15, -0.1) is 0 Å². The second-order valence-electron chi connectivity index (χ2n) is 7.10.